The summed E-state index contributed by atoms with van der Waals surface area (Å²) >= 11 is 0. The van der Waals surface area contributed by atoms with Crippen molar-refractivity contribution in [1.29, 1.82) is 0 Å². The first-order chi connectivity index (χ1) is 9.86. The number of unbranched alkanes of at least 4 members (excludes halogenated alkanes) is 1. The Hall–Kier alpha value is -0.980. The van der Waals surface area contributed by atoms with Gasteiger partial charge in [-0.3, -0.25) is 0 Å². The maximum absolute atomic E-state index is 13.5. The number of nitrogens with one attached hydrogen (secondary N) is 2. The summed E-state index contributed by atoms with van der Waals surface area (Å²) in [7, 11) is -1.87. The number of hydrogen-bond donors (Lipinski definition) is 2. The molecule has 0 amide bonds. The molecule has 120 valence electrons. The smallest absolute Gasteiger partial charge is 0.240 e. The second-order valence-corrected chi connectivity index (χ2v) is 7.34. The van der Waals surface area contributed by atoms with Gasteiger partial charge in [-0.2, -0.15) is 0 Å². The topological polar surface area (TPSA) is 58.2 Å². The number of benzene rings is 1. The largest absolute Gasteiger partial charge is 0.316 e. The Bertz CT molecular complexity index is 545. The average Bonchev–Trinajstić information content (AvgIpc) is 2.40. The Balaban J connectivity index is 2.63. The Morgan fingerprint density at radius 3 is 2.57 bits per heavy atom. The van der Waals surface area contributed by atoms with Crippen LogP contribution in [0, 0.1) is 11.7 Å². The fourth-order valence-corrected chi connectivity index (χ4v) is 3.14. The first-order valence-electron chi connectivity index (χ1n) is 7.29. The van der Waals surface area contributed by atoms with E-state index >= 15 is 0 Å². The Morgan fingerprint density at radius 2 is 1.95 bits per heavy atom. The minimum absolute atomic E-state index is 0.109. The fraction of sp³-hybridized carbons (Fsp3) is 0.600. The summed E-state index contributed by atoms with van der Waals surface area (Å²) in [6.07, 6.45) is 2.89. The van der Waals surface area contributed by atoms with Crippen LogP contribution in [-0.2, 0) is 16.6 Å². The lowest BCUT2D eigenvalue weighted by atomic mass is 10.1. The summed E-state index contributed by atoms with van der Waals surface area (Å²) in [6.45, 7) is 5.00. The first-order valence-corrected chi connectivity index (χ1v) is 8.78. The molecule has 6 heteroatoms. The highest BCUT2D eigenvalue weighted by molar-refractivity contribution is 7.89. The molecule has 1 rings (SSSR count). The van der Waals surface area contributed by atoms with Gasteiger partial charge < -0.3 is 5.32 Å². The molecule has 0 fully saturated rings. The monoisotopic (exact) mass is 316 g/mol. The van der Waals surface area contributed by atoms with Gasteiger partial charge in [0.2, 0.25) is 10.0 Å². The fourth-order valence-electron chi connectivity index (χ4n) is 2.01. The summed E-state index contributed by atoms with van der Waals surface area (Å²) in [4.78, 5) is 0.109. The van der Waals surface area contributed by atoms with Crippen molar-refractivity contribution in [2.45, 2.75) is 44.6 Å². The van der Waals surface area contributed by atoms with E-state index in [4.69, 9.17) is 0 Å². The van der Waals surface area contributed by atoms with Crippen LogP contribution in [0.5, 0.6) is 0 Å². The van der Waals surface area contributed by atoms with E-state index in [0.29, 0.717) is 24.6 Å². The standard InChI is InChI=1S/C15H25FN2O2S/c1-12(2)6-4-5-9-18-21(19,20)14-7-8-15(16)13(10-14)11-17-3/h7-8,10,12,17-18H,4-6,9,11H2,1-3H3. The van der Waals surface area contributed by atoms with Crippen LogP contribution < -0.4 is 10.0 Å². The number of sulfonamides is 1. The van der Waals surface area contributed by atoms with Gasteiger partial charge in [-0.05, 0) is 37.6 Å². The number of rotatable bonds is 9. The molecule has 0 aliphatic carbocycles. The van der Waals surface area contributed by atoms with Gasteiger partial charge in [0.15, 0.2) is 0 Å². The molecule has 0 aromatic heterocycles. The molecule has 0 bridgehead atoms. The molecule has 0 unspecified atom stereocenters. The van der Waals surface area contributed by atoms with Crippen molar-refractivity contribution in [2.75, 3.05) is 13.6 Å². The predicted molar refractivity (Wildman–Crippen MR) is 83.0 cm³/mol. The summed E-state index contributed by atoms with van der Waals surface area (Å²) < 4.78 is 40.4. The molecular weight excluding hydrogens is 291 g/mol. The molecule has 0 aliphatic heterocycles. The molecule has 0 atom stereocenters. The number of halogens is 1. The van der Waals surface area contributed by atoms with Gasteiger partial charge in [0.1, 0.15) is 5.82 Å². The van der Waals surface area contributed by atoms with E-state index in [-0.39, 0.29) is 4.90 Å². The maximum atomic E-state index is 13.5. The highest BCUT2D eigenvalue weighted by Crippen LogP contribution is 2.15. The summed E-state index contributed by atoms with van der Waals surface area (Å²) in [5.74, 6) is 0.225. The number of hydrogen-bond acceptors (Lipinski definition) is 3. The maximum Gasteiger partial charge on any atom is 0.240 e. The van der Waals surface area contributed by atoms with Gasteiger partial charge in [0, 0.05) is 18.7 Å². The third-order valence-corrected chi connectivity index (χ3v) is 4.65. The van der Waals surface area contributed by atoms with E-state index in [0.717, 1.165) is 19.3 Å². The van der Waals surface area contributed by atoms with Gasteiger partial charge in [-0.1, -0.05) is 26.7 Å². The molecule has 0 heterocycles. The lowest BCUT2D eigenvalue weighted by molar-refractivity contribution is 0.530. The summed E-state index contributed by atoms with van der Waals surface area (Å²) in [5, 5.41) is 2.82. The molecule has 0 saturated heterocycles. The highest BCUT2D eigenvalue weighted by atomic mass is 32.2. The zero-order valence-electron chi connectivity index (χ0n) is 12.9. The van der Waals surface area contributed by atoms with Gasteiger partial charge in [-0.25, -0.2) is 17.5 Å². The summed E-state index contributed by atoms with van der Waals surface area (Å²) in [6, 6.07) is 3.87. The van der Waals surface area contributed by atoms with E-state index in [1.54, 1.807) is 7.05 Å². The van der Waals surface area contributed by atoms with Crippen molar-refractivity contribution in [2.24, 2.45) is 5.92 Å². The summed E-state index contributed by atoms with van der Waals surface area (Å²) in [5.41, 5.74) is 0.347. The van der Waals surface area contributed by atoms with Gasteiger partial charge in [-0.15, -0.1) is 0 Å². The van der Waals surface area contributed by atoms with Crippen LogP contribution in [0.4, 0.5) is 4.39 Å². The molecule has 0 radical (unpaired) electrons. The van der Waals surface area contributed by atoms with E-state index in [9.17, 15) is 12.8 Å². The zero-order valence-corrected chi connectivity index (χ0v) is 13.8. The van der Waals surface area contributed by atoms with E-state index in [1.807, 2.05) is 0 Å². The van der Waals surface area contributed by atoms with Gasteiger partial charge in [0.05, 0.1) is 4.90 Å². The third kappa shape index (κ3) is 6.11. The van der Waals surface area contributed by atoms with Crippen LogP contribution in [0.15, 0.2) is 23.1 Å². The minimum atomic E-state index is -3.56. The molecule has 4 nitrogen and oxygen atoms in total. The molecule has 1 aromatic carbocycles. The Kier molecular flexibility index (Phi) is 7.28. The molecule has 0 saturated carbocycles. The average molecular weight is 316 g/mol. The lowest BCUT2D eigenvalue weighted by Gasteiger charge is -2.09. The van der Waals surface area contributed by atoms with Crippen molar-refractivity contribution < 1.29 is 12.8 Å². The predicted octanol–water partition coefficient (Wildman–Crippen LogP) is 2.65. The molecule has 0 spiro atoms. The van der Waals surface area contributed by atoms with Crippen LogP contribution in [0.1, 0.15) is 38.7 Å². The van der Waals surface area contributed by atoms with E-state index in [2.05, 4.69) is 23.9 Å². The van der Waals surface area contributed by atoms with Gasteiger partial charge >= 0.3 is 0 Å². The first kappa shape index (κ1) is 18.1. The Labute approximate surface area is 127 Å². The second kappa shape index (κ2) is 8.46. The SMILES string of the molecule is CNCc1cc(S(=O)(=O)NCCCCC(C)C)ccc1F. The Morgan fingerprint density at radius 1 is 1.24 bits per heavy atom. The van der Waals surface area contributed by atoms with Crippen molar-refractivity contribution in [3.63, 3.8) is 0 Å². The van der Waals surface area contributed by atoms with Gasteiger partial charge in [0.25, 0.3) is 0 Å². The van der Waals surface area contributed by atoms with Crippen molar-refractivity contribution >= 4 is 10.0 Å². The van der Waals surface area contributed by atoms with Crippen LogP contribution in [0.3, 0.4) is 0 Å². The van der Waals surface area contributed by atoms with Crippen LogP contribution >= 0.6 is 0 Å². The van der Waals surface area contributed by atoms with E-state index in [1.165, 1.54) is 18.2 Å². The second-order valence-electron chi connectivity index (χ2n) is 5.57. The van der Waals surface area contributed by atoms with Crippen molar-refractivity contribution in [1.82, 2.24) is 10.0 Å². The van der Waals surface area contributed by atoms with Crippen LogP contribution in [-0.4, -0.2) is 22.0 Å². The van der Waals surface area contributed by atoms with Crippen molar-refractivity contribution in [3.8, 4) is 0 Å². The highest BCUT2D eigenvalue weighted by Gasteiger charge is 2.15. The quantitative estimate of drug-likeness (QED) is 0.689. The molecule has 0 aliphatic rings. The molecule has 2 N–H and O–H groups in total. The third-order valence-electron chi connectivity index (χ3n) is 3.20. The van der Waals surface area contributed by atoms with E-state index < -0.39 is 15.8 Å². The normalized spacial score (nSPS) is 12.0. The zero-order chi connectivity index (χ0) is 15.9. The van der Waals surface area contributed by atoms with Crippen molar-refractivity contribution in [3.05, 3.63) is 29.6 Å². The minimum Gasteiger partial charge on any atom is -0.316 e. The van der Waals surface area contributed by atoms with Crippen LogP contribution in [0.2, 0.25) is 0 Å². The molecule has 1 aromatic rings. The molecular formula is C15H25FN2O2S. The lowest BCUT2D eigenvalue weighted by Crippen LogP contribution is -2.25. The van der Waals surface area contributed by atoms with Crippen LogP contribution in [0.25, 0.3) is 0 Å². The molecule has 21 heavy (non-hydrogen) atoms.